The first kappa shape index (κ1) is 21.2. The number of Topliss-reactive ketones (excluding diaryl/α,β-unsaturated/α-hetero) is 1. The monoisotopic (exact) mass is 480 g/mol. The molecule has 2 saturated heterocycles. The van der Waals surface area contributed by atoms with Crippen LogP contribution >= 0.6 is 0 Å². The highest BCUT2D eigenvalue weighted by molar-refractivity contribution is 6.20. The van der Waals surface area contributed by atoms with Crippen molar-refractivity contribution in [1.29, 1.82) is 0 Å². The van der Waals surface area contributed by atoms with Gasteiger partial charge in [0.1, 0.15) is 6.04 Å². The van der Waals surface area contributed by atoms with Crippen molar-refractivity contribution in [3.8, 4) is 0 Å². The second kappa shape index (κ2) is 7.44. The Morgan fingerprint density at radius 3 is 2.61 bits per heavy atom. The molecule has 0 spiro atoms. The molecule has 2 aromatic rings. The fourth-order valence-corrected chi connectivity index (χ4v) is 4.93. The van der Waals surface area contributed by atoms with Crippen molar-refractivity contribution in [3.63, 3.8) is 0 Å². The number of H-pyrrole nitrogens is 1. The van der Waals surface area contributed by atoms with Gasteiger partial charge in [-0.25, -0.2) is 4.99 Å². The molecule has 8 bridgehead atoms. The standard InChI is InChI=1S/C27H24N6O3/c1-26(2)22-12-27(25-33-32-24(36-25)15-13-35-14-15)8-7-20(31-27)10-18-4-3-16(28-18)9-17-5-6-19(29-17)11-21(30-22)23(26)34/h3-12,15,21,28,30H,13-14H2,1-2H3. The molecular formula is C27H24N6O3. The molecule has 0 saturated carbocycles. The highest BCUT2D eigenvalue weighted by atomic mass is 16.5. The average molecular weight is 481 g/mol. The molecule has 5 aliphatic heterocycles. The molecular weight excluding hydrogens is 456 g/mol. The third kappa shape index (κ3) is 3.30. The van der Waals surface area contributed by atoms with E-state index < -0.39 is 17.0 Å². The van der Waals surface area contributed by atoms with Crippen LogP contribution in [0, 0.1) is 5.41 Å². The molecule has 5 aliphatic rings. The quantitative estimate of drug-likeness (QED) is 0.670. The summed E-state index contributed by atoms with van der Waals surface area (Å²) in [4.78, 5) is 26.5. The van der Waals surface area contributed by atoms with Crippen LogP contribution in [0.15, 0.2) is 74.4 Å². The number of fused-ring (bicyclic) bond motifs is 6. The Morgan fingerprint density at radius 1 is 1.03 bits per heavy atom. The van der Waals surface area contributed by atoms with Crippen molar-refractivity contribution in [2.45, 2.75) is 31.3 Å². The molecule has 7 rings (SSSR count). The number of aromatic amines is 1. The van der Waals surface area contributed by atoms with Crippen LogP contribution in [0.4, 0.5) is 0 Å². The Hall–Kier alpha value is -4.11. The number of rotatable bonds is 2. The van der Waals surface area contributed by atoms with Gasteiger partial charge in [-0.1, -0.05) is 0 Å². The summed E-state index contributed by atoms with van der Waals surface area (Å²) in [5.74, 6) is 1.06. The highest BCUT2D eigenvalue weighted by Gasteiger charge is 2.47. The SMILES string of the molecule is CC1(C)C(=O)C2C=C3C=CC(=N3)C=c3ccc([nH]3)=CC3=NC(c4nnc(C5COC5)o4)(C=C3)C=C1N2. The lowest BCUT2D eigenvalue weighted by atomic mass is 9.83. The van der Waals surface area contributed by atoms with Crippen LogP contribution in [0.2, 0.25) is 0 Å². The largest absolute Gasteiger partial charge is 0.421 e. The first-order valence-electron chi connectivity index (χ1n) is 12.0. The number of nitrogens with zero attached hydrogens (tertiary/aromatic N) is 4. The summed E-state index contributed by atoms with van der Waals surface area (Å²) in [7, 11) is 0. The van der Waals surface area contributed by atoms with Crippen LogP contribution in [0.25, 0.3) is 12.2 Å². The van der Waals surface area contributed by atoms with Crippen LogP contribution in [0.3, 0.4) is 0 Å². The smallest absolute Gasteiger partial charge is 0.251 e. The first-order valence-corrected chi connectivity index (χ1v) is 12.0. The number of hydrogen-bond acceptors (Lipinski definition) is 8. The molecule has 2 aromatic heterocycles. The number of carbonyl (C=O) groups is 1. The average Bonchev–Trinajstić information content (AvgIpc) is 3.61. The summed E-state index contributed by atoms with van der Waals surface area (Å²) in [6, 6.07) is 3.49. The molecule has 36 heavy (non-hydrogen) atoms. The zero-order valence-corrected chi connectivity index (χ0v) is 19.9. The Labute approximate surface area is 206 Å². The third-order valence-electron chi connectivity index (χ3n) is 7.20. The summed E-state index contributed by atoms with van der Waals surface area (Å²) in [6.07, 6.45) is 15.5. The Kier molecular flexibility index (Phi) is 4.38. The van der Waals surface area contributed by atoms with Gasteiger partial charge in [0, 0.05) is 16.4 Å². The summed E-state index contributed by atoms with van der Waals surface area (Å²) in [6.45, 7) is 4.97. The molecule has 2 atom stereocenters. The molecule has 0 aliphatic carbocycles. The van der Waals surface area contributed by atoms with Gasteiger partial charge in [0.15, 0.2) is 11.3 Å². The van der Waals surface area contributed by atoms with Gasteiger partial charge in [-0.05, 0) is 74.6 Å². The number of hydrogen-bond donors (Lipinski definition) is 2. The van der Waals surface area contributed by atoms with E-state index in [1.54, 1.807) is 0 Å². The second-order valence-electron chi connectivity index (χ2n) is 10.2. The van der Waals surface area contributed by atoms with E-state index in [0.717, 1.165) is 33.5 Å². The summed E-state index contributed by atoms with van der Waals surface area (Å²) in [5, 5.41) is 13.9. The van der Waals surface area contributed by atoms with Crippen molar-refractivity contribution >= 4 is 29.4 Å². The fourth-order valence-electron chi connectivity index (χ4n) is 4.93. The van der Waals surface area contributed by atoms with Gasteiger partial charge in [0.2, 0.25) is 5.89 Å². The van der Waals surface area contributed by atoms with Gasteiger partial charge in [0.05, 0.1) is 41.7 Å². The molecule has 9 nitrogen and oxygen atoms in total. The lowest BCUT2D eigenvalue weighted by Crippen LogP contribution is -2.27. The van der Waals surface area contributed by atoms with Gasteiger partial charge in [-0.15, -0.1) is 10.2 Å². The van der Waals surface area contributed by atoms with E-state index in [0.29, 0.717) is 25.0 Å². The summed E-state index contributed by atoms with van der Waals surface area (Å²) in [5.41, 5.74) is 1.26. The molecule has 0 radical (unpaired) electrons. The third-order valence-corrected chi connectivity index (χ3v) is 7.20. The molecule has 0 amide bonds. The second-order valence-corrected chi connectivity index (χ2v) is 10.2. The van der Waals surface area contributed by atoms with E-state index in [1.807, 2.05) is 74.6 Å². The zero-order valence-electron chi connectivity index (χ0n) is 19.9. The van der Waals surface area contributed by atoms with Crippen molar-refractivity contribution in [2.24, 2.45) is 15.4 Å². The Morgan fingerprint density at radius 2 is 1.83 bits per heavy atom. The van der Waals surface area contributed by atoms with Crippen LogP contribution in [0.1, 0.15) is 31.5 Å². The van der Waals surface area contributed by atoms with E-state index in [1.165, 1.54) is 0 Å². The van der Waals surface area contributed by atoms with E-state index in [4.69, 9.17) is 14.1 Å². The van der Waals surface area contributed by atoms with Crippen LogP contribution in [0.5, 0.6) is 0 Å². The van der Waals surface area contributed by atoms with E-state index >= 15 is 0 Å². The van der Waals surface area contributed by atoms with Crippen LogP contribution in [-0.4, -0.2) is 51.6 Å². The fraction of sp³-hybridized carbons (Fsp3) is 0.296. The van der Waals surface area contributed by atoms with Gasteiger partial charge in [0.25, 0.3) is 5.89 Å². The van der Waals surface area contributed by atoms with E-state index in [9.17, 15) is 4.79 Å². The molecule has 9 heteroatoms. The number of aliphatic imine (C=N–C) groups is 2. The first-order chi connectivity index (χ1) is 17.4. The lowest BCUT2D eigenvalue weighted by molar-refractivity contribution is -0.123. The lowest BCUT2D eigenvalue weighted by Gasteiger charge is -2.23. The molecule has 180 valence electrons. The topological polar surface area (TPSA) is 118 Å². The Balaban J connectivity index is 1.43. The molecule has 2 fully saturated rings. The number of ketones is 1. The molecule has 7 heterocycles. The maximum absolute atomic E-state index is 13.4. The van der Waals surface area contributed by atoms with Crippen LogP contribution in [-0.2, 0) is 15.1 Å². The highest BCUT2D eigenvalue weighted by Crippen LogP contribution is 2.41. The van der Waals surface area contributed by atoms with Crippen LogP contribution < -0.4 is 16.0 Å². The van der Waals surface area contributed by atoms with Gasteiger partial charge in [-0.3, -0.25) is 9.79 Å². The molecule has 2 unspecified atom stereocenters. The Bertz CT molecular complexity index is 1610. The van der Waals surface area contributed by atoms with Gasteiger partial charge >= 0.3 is 0 Å². The minimum absolute atomic E-state index is 0.0610. The zero-order chi connectivity index (χ0) is 24.5. The van der Waals surface area contributed by atoms with E-state index in [2.05, 4.69) is 25.5 Å². The van der Waals surface area contributed by atoms with Gasteiger partial charge in [-0.2, -0.15) is 0 Å². The maximum atomic E-state index is 13.4. The minimum Gasteiger partial charge on any atom is -0.421 e. The number of ether oxygens (including phenoxy) is 1. The van der Waals surface area contributed by atoms with Crippen molar-refractivity contribution in [2.75, 3.05) is 13.2 Å². The van der Waals surface area contributed by atoms with E-state index in [-0.39, 0.29) is 11.7 Å². The van der Waals surface area contributed by atoms with Gasteiger partial charge < -0.3 is 19.5 Å². The predicted octanol–water partition coefficient (Wildman–Crippen LogP) is 1.34. The number of nitrogens with one attached hydrogen (secondary N) is 2. The molecule has 2 N–H and O–H groups in total. The minimum atomic E-state index is -1.04. The normalized spacial score (nSPS) is 27.9. The predicted molar refractivity (Wildman–Crippen MR) is 134 cm³/mol. The van der Waals surface area contributed by atoms with Crippen molar-refractivity contribution in [1.82, 2.24) is 20.5 Å². The number of aromatic nitrogens is 3. The maximum Gasteiger partial charge on any atom is 0.251 e. The summed E-state index contributed by atoms with van der Waals surface area (Å²) < 4.78 is 11.4. The molecule has 0 aromatic carbocycles. The van der Waals surface area contributed by atoms with Crippen molar-refractivity contribution in [3.05, 3.63) is 82.5 Å². The number of carbonyl (C=O) groups excluding carboxylic acids is 1. The summed E-state index contributed by atoms with van der Waals surface area (Å²) >= 11 is 0. The number of allylic oxidation sites excluding steroid dienone is 4. The van der Waals surface area contributed by atoms with Crippen molar-refractivity contribution < 1.29 is 13.9 Å².